The summed E-state index contributed by atoms with van der Waals surface area (Å²) >= 11 is 0. The van der Waals surface area contributed by atoms with E-state index >= 15 is 0 Å². The number of rotatable bonds is 5. The number of hydrogen-bond donors (Lipinski definition) is 0. The molecule has 0 amide bonds. The maximum Gasteiger partial charge on any atom is 0.136 e. The first kappa shape index (κ1) is 35.5. The highest BCUT2D eigenvalue weighted by Gasteiger charge is 2.52. The van der Waals surface area contributed by atoms with Crippen LogP contribution in [0.2, 0.25) is 0 Å². The molecule has 61 heavy (non-hydrogen) atoms. The number of para-hydroxylation sites is 1. The van der Waals surface area contributed by atoms with Crippen LogP contribution in [0, 0.1) is 0 Å². The van der Waals surface area contributed by atoms with E-state index < -0.39 is 5.41 Å². The maximum absolute atomic E-state index is 6.32. The fourth-order valence-corrected chi connectivity index (χ4v) is 10.5. The molecule has 0 saturated heterocycles. The lowest BCUT2D eigenvalue weighted by Crippen LogP contribution is -2.27. The van der Waals surface area contributed by atoms with Gasteiger partial charge in [-0.3, -0.25) is 0 Å². The minimum absolute atomic E-state index is 0.129. The summed E-state index contributed by atoms with van der Waals surface area (Å²) in [6, 6.07) is 76.0. The highest BCUT2D eigenvalue weighted by molar-refractivity contribution is 6.12. The first-order chi connectivity index (χ1) is 29.9. The van der Waals surface area contributed by atoms with Crippen molar-refractivity contribution in [2.75, 3.05) is 4.90 Å². The van der Waals surface area contributed by atoms with Crippen LogP contribution in [0.1, 0.15) is 48.6 Å². The van der Waals surface area contributed by atoms with Crippen molar-refractivity contribution in [1.82, 2.24) is 0 Å². The molecular weight excluding hydrogens is 739 g/mol. The molecule has 0 bridgehead atoms. The monoisotopic (exact) mass is 781 g/mol. The van der Waals surface area contributed by atoms with Gasteiger partial charge >= 0.3 is 0 Å². The van der Waals surface area contributed by atoms with E-state index in [1.807, 2.05) is 6.07 Å². The molecule has 9 aromatic carbocycles. The molecule has 1 heterocycles. The van der Waals surface area contributed by atoms with Crippen LogP contribution in [-0.2, 0) is 10.8 Å². The lowest BCUT2D eigenvalue weighted by atomic mass is 9.69. The van der Waals surface area contributed by atoms with Crippen molar-refractivity contribution in [2.24, 2.45) is 0 Å². The Bertz CT molecular complexity index is 3280. The topological polar surface area (TPSA) is 16.4 Å². The number of fused-ring (bicyclic) bond motifs is 13. The Labute approximate surface area is 357 Å². The third-order valence-corrected chi connectivity index (χ3v) is 13.3. The van der Waals surface area contributed by atoms with E-state index in [1.54, 1.807) is 0 Å². The average molecular weight is 782 g/mol. The highest BCUT2D eigenvalue weighted by atomic mass is 16.3. The smallest absolute Gasteiger partial charge is 0.136 e. The summed E-state index contributed by atoms with van der Waals surface area (Å²) in [5.41, 5.74) is 21.2. The van der Waals surface area contributed by atoms with Gasteiger partial charge in [0.15, 0.2) is 0 Å². The summed E-state index contributed by atoms with van der Waals surface area (Å²) in [4.78, 5) is 2.50. The summed E-state index contributed by atoms with van der Waals surface area (Å²) in [5.74, 6) is 0. The van der Waals surface area contributed by atoms with Gasteiger partial charge in [0.25, 0.3) is 0 Å². The second-order valence-corrected chi connectivity index (χ2v) is 17.6. The second-order valence-electron chi connectivity index (χ2n) is 17.6. The first-order valence-electron chi connectivity index (χ1n) is 21.3. The fourth-order valence-electron chi connectivity index (χ4n) is 10.5. The van der Waals surface area contributed by atoms with Crippen molar-refractivity contribution in [3.05, 3.63) is 234 Å². The third-order valence-electron chi connectivity index (χ3n) is 13.3. The number of benzene rings is 9. The van der Waals surface area contributed by atoms with Crippen LogP contribution in [-0.4, -0.2) is 0 Å². The molecule has 1 spiro atoms. The van der Waals surface area contributed by atoms with Crippen molar-refractivity contribution in [1.29, 1.82) is 0 Å². The van der Waals surface area contributed by atoms with Gasteiger partial charge < -0.3 is 9.32 Å². The SMILES string of the molecule is CC(C)(C)c1cc(N(c2ccc(-c3ccccc3)cc2)c2ccc(-c3cccc4oc5ccccc5c34)cc2)c2c(c1)C1(c3ccccc3-c3ccccc31)c1ccccc1-2. The molecule has 0 saturated carbocycles. The van der Waals surface area contributed by atoms with Gasteiger partial charge in [-0.1, -0.05) is 185 Å². The van der Waals surface area contributed by atoms with E-state index in [1.165, 1.54) is 66.9 Å². The predicted molar refractivity (Wildman–Crippen MR) is 254 cm³/mol. The number of hydrogen-bond acceptors (Lipinski definition) is 2. The summed E-state index contributed by atoms with van der Waals surface area (Å²) in [7, 11) is 0. The zero-order valence-electron chi connectivity index (χ0n) is 34.5. The van der Waals surface area contributed by atoms with E-state index in [0.717, 1.165) is 44.4 Å². The van der Waals surface area contributed by atoms with Crippen molar-refractivity contribution in [3.63, 3.8) is 0 Å². The fraction of sp³-hybridized carbons (Fsp3) is 0.0847. The second kappa shape index (κ2) is 13.3. The van der Waals surface area contributed by atoms with Crippen LogP contribution in [0.5, 0.6) is 0 Å². The normalized spacial score (nSPS) is 13.3. The largest absolute Gasteiger partial charge is 0.456 e. The van der Waals surface area contributed by atoms with Gasteiger partial charge in [0.05, 0.1) is 11.1 Å². The Kier molecular flexibility index (Phi) is 7.74. The van der Waals surface area contributed by atoms with Gasteiger partial charge in [0.2, 0.25) is 0 Å². The molecule has 0 aliphatic heterocycles. The Hall–Kier alpha value is -7.42. The minimum Gasteiger partial charge on any atom is -0.456 e. The summed E-state index contributed by atoms with van der Waals surface area (Å²) in [6.45, 7) is 7.04. The van der Waals surface area contributed by atoms with Crippen LogP contribution >= 0.6 is 0 Å². The quantitative estimate of drug-likeness (QED) is 0.173. The molecule has 12 rings (SSSR count). The number of furan rings is 1. The van der Waals surface area contributed by atoms with Crippen molar-refractivity contribution < 1.29 is 4.42 Å². The molecule has 1 aromatic heterocycles. The summed E-state index contributed by atoms with van der Waals surface area (Å²) in [6.07, 6.45) is 0. The zero-order chi connectivity index (χ0) is 40.9. The Balaban J connectivity index is 1.13. The van der Waals surface area contributed by atoms with Crippen molar-refractivity contribution in [2.45, 2.75) is 31.6 Å². The Morgan fingerprint density at radius 1 is 0.410 bits per heavy atom. The van der Waals surface area contributed by atoms with Crippen LogP contribution in [0.3, 0.4) is 0 Å². The van der Waals surface area contributed by atoms with E-state index in [9.17, 15) is 0 Å². The molecule has 0 fully saturated rings. The van der Waals surface area contributed by atoms with E-state index in [4.69, 9.17) is 4.42 Å². The Morgan fingerprint density at radius 2 is 0.918 bits per heavy atom. The van der Waals surface area contributed by atoms with Crippen LogP contribution < -0.4 is 4.90 Å². The molecule has 0 radical (unpaired) electrons. The van der Waals surface area contributed by atoms with Gasteiger partial charge in [-0.05, 0) is 115 Å². The van der Waals surface area contributed by atoms with Crippen LogP contribution in [0.25, 0.3) is 66.4 Å². The molecule has 2 nitrogen and oxygen atoms in total. The van der Waals surface area contributed by atoms with Gasteiger partial charge in [-0.25, -0.2) is 0 Å². The number of anilines is 3. The van der Waals surface area contributed by atoms with Gasteiger partial charge in [0, 0.05) is 27.7 Å². The highest BCUT2D eigenvalue weighted by Crippen LogP contribution is 2.65. The minimum atomic E-state index is -0.464. The third kappa shape index (κ3) is 5.22. The molecule has 2 aliphatic carbocycles. The molecule has 0 unspecified atom stereocenters. The molecule has 10 aromatic rings. The lowest BCUT2D eigenvalue weighted by Gasteiger charge is -2.34. The first-order valence-corrected chi connectivity index (χ1v) is 21.3. The zero-order valence-corrected chi connectivity index (χ0v) is 34.5. The molecule has 290 valence electrons. The van der Waals surface area contributed by atoms with Gasteiger partial charge in [-0.2, -0.15) is 0 Å². The maximum atomic E-state index is 6.32. The van der Waals surface area contributed by atoms with Gasteiger partial charge in [0.1, 0.15) is 11.2 Å². The number of nitrogens with zero attached hydrogens (tertiary/aromatic N) is 1. The standard InChI is InChI=1S/C59H43NO/c1-58(2,3)41-36-52-57(47-20-9-13-25-51(47)59(52)49-23-11-7-18-45(49)46-19-8-12-24-50(46)59)53(37-41)60(42-32-28-39(29-33-42)38-16-5-4-6-17-38)43-34-30-40(31-35-43)44-22-15-27-55-56(44)48-21-10-14-26-54(48)61-55/h4-37H,1-3H3. The van der Waals surface area contributed by atoms with Gasteiger partial charge in [-0.15, -0.1) is 0 Å². The molecular formula is C59H43NO. The Morgan fingerprint density at radius 3 is 1.57 bits per heavy atom. The molecule has 2 aliphatic rings. The molecule has 2 heteroatoms. The summed E-state index contributed by atoms with van der Waals surface area (Å²) in [5, 5.41) is 2.28. The summed E-state index contributed by atoms with van der Waals surface area (Å²) < 4.78 is 6.32. The van der Waals surface area contributed by atoms with E-state index in [0.29, 0.717) is 0 Å². The van der Waals surface area contributed by atoms with Crippen molar-refractivity contribution in [3.8, 4) is 44.5 Å². The average Bonchev–Trinajstić information content (AvgIpc) is 3.94. The molecule has 0 atom stereocenters. The lowest BCUT2D eigenvalue weighted by molar-refractivity contribution is 0.588. The predicted octanol–water partition coefficient (Wildman–Crippen LogP) is 16.0. The van der Waals surface area contributed by atoms with Crippen LogP contribution in [0.4, 0.5) is 17.1 Å². The van der Waals surface area contributed by atoms with Crippen molar-refractivity contribution >= 4 is 39.0 Å². The van der Waals surface area contributed by atoms with Crippen LogP contribution in [0.15, 0.2) is 211 Å². The molecule has 0 N–H and O–H groups in total. The van der Waals surface area contributed by atoms with E-state index in [2.05, 4.69) is 226 Å². The van der Waals surface area contributed by atoms with E-state index in [-0.39, 0.29) is 5.41 Å².